The Morgan fingerprint density at radius 1 is 1.43 bits per heavy atom. The second-order valence-electron chi connectivity index (χ2n) is 3.22. The summed E-state index contributed by atoms with van der Waals surface area (Å²) in [5, 5.41) is 0. The normalized spacial score (nSPS) is 10.5. The highest BCUT2D eigenvalue weighted by Gasteiger charge is 2.04. The Labute approximate surface area is 94.0 Å². The molecule has 0 amide bonds. The van der Waals surface area contributed by atoms with Gasteiger partial charge in [0, 0.05) is 6.07 Å². The van der Waals surface area contributed by atoms with Crippen LogP contribution in [0.5, 0.6) is 0 Å². The summed E-state index contributed by atoms with van der Waals surface area (Å²) in [7, 11) is 0. The number of aryl methyl sites for hydroxylation is 1. The van der Waals surface area contributed by atoms with E-state index >= 15 is 0 Å². The zero-order valence-electron chi connectivity index (χ0n) is 8.79. The molecule has 0 aromatic carbocycles. The van der Waals surface area contributed by atoms with Gasteiger partial charge in [-0.25, -0.2) is 0 Å². The SMILES string of the molecule is CCCOC[n+]1ccc(CC)c(Br)c1. The molecule has 1 rings (SSSR count). The Hall–Kier alpha value is -0.410. The highest BCUT2D eigenvalue weighted by molar-refractivity contribution is 9.10. The van der Waals surface area contributed by atoms with Crippen LogP contribution >= 0.6 is 15.9 Å². The van der Waals surface area contributed by atoms with E-state index in [1.54, 1.807) is 0 Å². The molecule has 0 radical (unpaired) electrons. The highest BCUT2D eigenvalue weighted by atomic mass is 79.9. The molecular weight excluding hydrogens is 242 g/mol. The maximum atomic E-state index is 5.44. The van der Waals surface area contributed by atoms with Crippen LogP contribution in [-0.4, -0.2) is 6.61 Å². The number of hydrogen-bond donors (Lipinski definition) is 0. The summed E-state index contributed by atoms with van der Waals surface area (Å²) >= 11 is 3.54. The molecule has 1 aromatic rings. The van der Waals surface area contributed by atoms with Crippen LogP contribution in [0.15, 0.2) is 22.9 Å². The summed E-state index contributed by atoms with van der Waals surface area (Å²) in [5.41, 5.74) is 1.33. The number of aromatic nitrogens is 1. The second kappa shape index (κ2) is 6.14. The first-order valence-corrected chi connectivity index (χ1v) is 5.82. The van der Waals surface area contributed by atoms with Gasteiger partial charge in [0.1, 0.15) is 0 Å². The molecule has 78 valence electrons. The highest BCUT2D eigenvalue weighted by Crippen LogP contribution is 2.13. The summed E-state index contributed by atoms with van der Waals surface area (Å²) in [6.45, 7) is 5.72. The van der Waals surface area contributed by atoms with Gasteiger partial charge in [-0.05, 0) is 34.3 Å². The fourth-order valence-electron chi connectivity index (χ4n) is 1.22. The summed E-state index contributed by atoms with van der Waals surface area (Å²) < 4.78 is 8.64. The summed E-state index contributed by atoms with van der Waals surface area (Å²) in [5.74, 6) is 0. The first-order valence-electron chi connectivity index (χ1n) is 5.03. The lowest BCUT2D eigenvalue weighted by molar-refractivity contribution is -0.733. The van der Waals surface area contributed by atoms with Crippen LogP contribution in [0.4, 0.5) is 0 Å². The van der Waals surface area contributed by atoms with Gasteiger partial charge < -0.3 is 4.74 Å². The third kappa shape index (κ3) is 3.39. The molecule has 14 heavy (non-hydrogen) atoms. The van der Waals surface area contributed by atoms with Gasteiger partial charge in [-0.15, -0.1) is 0 Å². The number of nitrogens with zero attached hydrogens (tertiary/aromatic N) is 1. The fourth-order valence-corrected chi connectivity index (χ4v) is 1.89. The van der Waals surface area contributed by atoms with E-state index in [4.69, 9.17) is 4.74 Å². The molecule has 0 N–H and O–H groups in total. The molecule has 1 aromatic heterocycles. The summed E-state index contributed by atoms with van der Waals surface area (Å²) in [6.07, 6.45) is 6.24. The van der Waals surface area contributed by atoms with Gasteiger partial charge in [-0.1, -0.05) is 13.8 Å². The Kier molecular flexibility index (Phi) is 5.12. The van der Waals surface area contributed by atoms with E-state index in [0.717, 1.165) is 23.9 Å². The molecule has 1 heterocycles. The molecule has 0 saturated carbocycles. The van der Waals surface area contributed by atoms with Crippen molar-refractivity contribution < 1.29 is 9.30 Å². The number of pyridine rings is 1. The molecule has 2 nitrogen and oxygen atoms in total. The van der Waals surface area contributed by atoms with Gasteiger partial charge >= 0.3 is 0 Å². The van der Waals surface area contributed by atoms with Crippen molar-refractivity contribution in [1.82, 2.24) is 0 Å². The largest absolute Gasteiger partial charge is 0.323 e. The molecule has 0 spiro atoms. The molecule has 0 saturated heterocycles. The Bertz CT molecular complexity index is 289. The van der Waals surface area contributed by atoms with Gasteiger partial charge in [0.2, 0.25) is 0 Å². The molecular formula is C11H17BrNO+. The topological polar surface area (TPSA) is 13.1 Å². The lowest BCUT2D eigenvalue weighted by Crippen LogP contribution is -2.34. The van der Waals surface area contributed by atoms with E-state index in [1.165, 1.54) is 5.56 Å². The smallest absolute Gasteiger partial charge is 0.252 e. The van der Waals surface area contributed by atoms with E-state index in [9.17, 15) is 0 Å². The predicted octanol–water partition coefficient (Wildman–Crippen LogP) is 2.68. The van der Waals surface area contributed by atoms with Crippen molar-refractivity contribution in [3.05, 3.63) is 28.5 Å². The maximum Gasteiger partial charge on any atom is 0.252 e. The number of halogens is 1. The molecule has 0 atom stereocenters. The first-order chi connectivity index (χ1) is 6.77. The fraction of sp³-hybridized carbons (Fsp3) is 0.545. The summed E-state index contributed by atoms with van der Waals surface area (Å²) in [6, 6.07) is 2.12. The molecule has 0 aliphatic rings. The van der Waals surface area contributed by atoms with Gasteiger partial charge in [0.05, 0.1) is 11.1 Å². The van der Waals surface area contributed by atoms with Crippen LogP contribution in [0.1, 0.15) is 25.8 Å². The molecule has 0 aliphatic carbocycles. The van der Waals surface area contributed by atoms with Crippen molar-refractivity contribution >= 4 is 15.9 Å². The quantitative estimate of drug-likeness (QED) is 0.585. The Morgan fingerprint density at radius 2 is 2.21 bits per heavy atom. The van der Waals surface area contributed by atoms with Crippen LogP contribution in [0.3, 0.4) is 0 Å². The third-order valence-electron chi connectivity index (χ3n) is 2.02. The minimum atomic E-state index is 0.635. The van der Waals surface area contributed by atoms with Crippen molar-refractivity contribution in [3.8, 4) is 0 Å². The maximum absolute atomic E-state index is 5.44. The number of ether oxygens (including phenoxy) is 1. The second-order valence-corrected chi connectivity index (χ2v) is 4.08. The minimum Gasteiger partial charge on any atom is -0.323 e. The van der Waals surface area contributed by atoms with Crippen LogP contribution in [0, 0.1) is 0 Å². The molecule has 3 heteroatoms. The van der Waals surface area contributed by atoms with Crippen LogP contribution in [0.2, 0.25) is 0 Å². The van der Waals surface area contributed by atoms with Gasteiger partial charge in [0.15, 0.2) is 12.4 Å². The molecule has 0 unspecified atom stereocenters. The van der Waals surface area contributed by atoms with E-state index in [1.807, 2.05) is 4.57 Å². The standard InChI is InChI=1S/C11H17BrNO/c1-3-7-14-9-13-6-5-10(4-2)11(12)8-13/h5-6,8H,3-4,7,9H2,1-2H3/q+1. The van der Waals surface area contributed by atoms with Gasteiger partial charge in [0.25, 0.3) is 6.73 Å². The van der Waals surface area contributed by atoms with Gasteiger partial charge in [-0.2, -0.15) is 4.57 Å². The first kappa shape index (κ1) is 11.7. The van der Waals surface area contributed by atoms with Crippen molar-refractivity contribution in [2.45, 2.75) is 33.4 Å². The number of hydrogen-bond acceptors (Lipinski definition) is 1. The summed E-state index contributed by atoms with van der Waals surface area (Å²) in [4.78, 5) is 0. The monoisotopic (exact) mass is 258 g/mol. The van der Waals surface area contributed by atoms with E-state index in [2.05, 4.69) is 48.2 Å². The minimum absolute atomic E-state index is 0.635. The van der Waals surface area contributed by atoms with Crippen molar-refractivity contribution in [3.63, 3.8) is 0 Å². The third-order valence-corrected chi connectivity index (χ3v) is 2.74. The predicted molar refractivity (Wildman–Crippen MR) is 60.0 cm³/mol. The molecule has 0 fully saturated rings. The number of rotatable bonds is 5. The van der Waals surface area contributed by atoms with Crippen LogP contribution in [0.25, 0.3) is 0 Å². The van der Waals surface area contributed by atoms with Crippen LogP contribution < -0.4 is 4.57 Å². The Morgan fingerprint density at radius 3 is 2.79 bits per heavy atom. The van der Waals surface area contributed by atoms with Crippen molar-refractivity contribution in [2.24, 2.45) is 0 Å². The Balaban J connectivity index is 2.57. The molecule has 0 bridgehead atoms. The average Bonchev–Trinajstić information content (AvgIpc) is 2.18. The van der Waals surface area contributed by atoms with E-state index < -0.39 is 0 Å². The zero-order valence-corrected chi connectivity index (χ0v) is 10.4. The molecule has 0 aliphatic heterocycles. The van der Waals surface area contributed by atoms with Crippen LogP contribution in [-0.2, 0) is 17.9 Å². The van der Waals surface area contributed by atoms with Crippen molar-refractivity contribution in [2.75, 3.05) is 6.61 Å². The lowest BCUT2D eigenvalue weighted by Gasteiger charge is -2.01. The van der Waals surface area contributed by atoms with E-state index in [-0.39, 0.29) is 0 Å². The van der Waals surface area contributed by atoms with Crippen molar-refractivity contribution in [1.29, 1.82) is 0 Å². The van der Waals surface area contributed by atoms with E-state index in [0.29, 0.717) is 6.73 Å². The average molecular weight is 259 g/mol. The lowest BCUT2D eigenvalue weighted by atomic mass is 10.2. The van der Waals surface area contributed by atoms with Gasteiger partial charge in [-0.3, -0.25) is 0 Å². The zero-order chi connectivity index (χ0) is 10.4.